The van der Waals surface area contributed by atoms with E-state index >= 15 is 0 Å². The summed E-state index contributed by atoms with van der Waals surface area (Å²) in [6.45, 7) is 4.18. The minimum atomic E-state index is -0.682. The fourth-order valence-corrected chi connectivity index (χ4v) is 3.42. The Labute approximate surface area is 169 Å². The molecule has 29 heavy (non-hydrogen) atoms. The standard InChI is InChI=1S/C24H22N2O3/c1-24(2)20-10-6-7-11-21(20)26(23(24)28)25-22(27)18-12-14-19(15-13-18)29-16-17-8-4-3-5-9-17/h3-15H,16H2,1-2H3,(H,25,27). The van der Waals surface area contributed by atoms with Crippen LogP contribution in [-0.2, 0) is 16.8 Å². The average molecular weight is 386 g/mol. The second kappa shape index (κ2) is 7.43. The number of carbonyl (C=O) groups excluding carboxylic acids is 2. The number of rotatable bonds is 5. The van der Waals surface area contributed by atoms with Gasteiger partial charge in [0.15, 0.2) is 0 Å². The third-order valence-corrected chi connectivity index (χ3v) is 5.13. The largest absolute Gasteiger partial charge is 0.489 e. The zero-order valence-corrected chi connectivity index (χ0v) is 16.4. The Hall–Kier alpha value is -3.60. The summed E-state index contributed by atoms with van der Waals surface area (Å²) in [5.41, 5.74) is 5.19. The lowest BCUT2D eigenvalue weighted by atomic mass is 9.86. The van der Waals surface area contributed by atoms with E-state index in [0.717, 1.165) is 11.1 Å². The average Bonchev–Trinajstić information content (AvgIpc) is 2.94. The highest BCUT2D eigenvalue weighted by molar-refractivity contribution is 6.10. The van der Waals surface area contributed by atoms with Crippen molar-refractivity contribution in [2.45, 2.75) is 25.9 Å². The van der Waals surface area contributed by atoms with Gasteiger partial charge in [-0.3, -0.25) is 15.0 Å². The normalized spacial score (nSPS) is 14.4. The van der Waals surface area contributed by atoms with Gasteiger partial charge in [-0.15, -0.1) is 0 Å². The maximum absolute atomic E-state index is 12.8. The molecule has 1 heterocycles. The number of nitrogens with zero attached hydrogens (tertiary/aromatic N) is 1. The topological polar surface area (TPSA) is 58.6 Å². The molecule has 5 nitrogen and oxygen atoms in total. The molecule has 0 saturated heterocycles. The first-order valence-corrected chi connectivity index (χ1v) is 9.48. The Balaban J connectivity index is 1.45. The van der Waals surface area contributed by atoms with Gasteiger partial charge in [-0.05, 0) is 55.3 Å². The number of carbonyl (C=O) groups is 2. The molecule has 3 aromatic rings. The summed E-state index contributed by atoms with van der Waals surface area (Å²) in [5, 5.41) is 1.34. The molecule has 1 aliphatic rings. The van der Waals surface area contributed by atoms with Gasteiger partial charge in [-0.2, -0.15) is 0 Å². The molecule has 1 aliphatic heterocycles. The summed E-state index contributed by atoms with van der Waals surface area (Å²) < 4.78 is 5.75. The fraction of sp³-hybridized carbons (Fsp3) is 0.167. The van der Waals surface area contributed by atoms with Gasteiger partial charge in [-0.25, -0.2) is 5.01 Å². The lowest BCUT2D eigenvalue weighted by Crippen LogP contribution is -2.48. The maximum atomic E-state index is 12.8. The molecule has 0 radical (unpaired) electrons. The monoisotopic (exact) mass is 386 g/mol. The van der Waals surface area contributed by atoms with Crippen molar-refractivity contribution >= 4 is 17.5 Å². The van der Waals surface area contributed by atoms with Crippen LogP contribution in [-0.4, -0.2) is 11.8 Å². The van der Waals surface area contributed by atoms with Gasteiger partial charge >= 0.3 is 0 Å². The van der Waals surface area contributed by atoms with E-state index in [2.05, 4.69) is 5.43 Å². The number of ether oxygens (including phenoxy) is 1. The van der Waals surface area contributed by atoms with E-state index in [1.165, 1.54) is 5.01 Å². The van der Waals surface area contributed by atoms with Crippen molar-refractivity contribution in [3.05, 3.63) is 95.6 Å². The summed E-state index contributed by atoms with van der Waals surface area (Å²) in [4.78, 5) is 25.5. The molecule has 0 unspecified atom stereocenters. The minimum absolute atomic E-state index is 0.158. The van der Waals surface area contributed by atoms with E-state index in [0.29, 0.717) is 23.6 Å². The number of anilines is 1. The molecule has 0 atom stereocenters. The van der Waals surface area contributed by atoms with Crippen LogP contribution in [0.5, 0.6) is 5.75 Å². The van der Waals surface area contributed by atoms with Crippen molar-refractivity contribution < 1.29 is 14.3 Å². The van der Waals surface area contributed by atoms with Crippen LogP contribution in [0.4, 0.5) is 5.69 Å². The molecule has 0 saturated carbocycles. The van der Waals surface area contributed by atoms with Crippen molar-refractivity contribution in [3.63, 3.8) is 0 Å². The smallest absolute Gasteiger partial charge is 0.270 e. The Morgan fingerprint density at radius 3 is 2.31 bits per heavy atom. The quantitative estimate of drug-likeness (QED) is 0.714. The van der Waals surface area contributed by atoms with Crippen LogP contribution in [0, 0.1) is 0 Å². The van der Waals surface area contributed by atoms with E-state index in [1.54, 1.807) is 24.3 Å². The molecule has 0 spiro atoms. The first-order valence-electron chi connectivity index (χ1n) is 9.48. The number of benzene rings is 3. The Bertz CT molecular complexity index is 1040. The van der Waals surface area contributed by atoms with Crippen LogP contribution in [0.25, 0.3) is 0 Å². The number of para-hydroxylation sites is 1. The third-order valence-electron chi connectivity index (χ3n) is 5.13. The lowest BCUT2D eigenvalue weighted by Gasteiger charge is -2.21. The number of hydrogen-bond donors (Lipinski definition) is 1. The third kappa shape index (κ3) is 3.59. The number of hydrogen-bond acceptors (Lipinski definition) is 3. The van der Waals surface area contributed by atoms with Crippen LogP contribution in [0.3, 0.4) is 0 Å². The van der Waals surface area contributed by atoms with Crippen LogP contribution < -0.4 is 15.2 Å². The van der Waals surface area contributed by atoms with E-state index in [4.69, 9.17) is 4.74 Å². The molecule has 1 N–H and O–H groups in total. The van der Waals surface area contributed by atoms with E-state index < -0.39 is 5.41 Å². The van der Waals surface area contributed by atoms with E-state index in [1.807, 2.05) is 68.4 Å². The van der Waals surface area contributed by atoms with Gasteiger partial charge in [0.05, 0.1) is 11.1 Å². The van der Waals surface area contributed by atoms with E-state index in [9.17, 15) is 9.59 Å². The highest BCUT2D eigenvalue weighted by Crippen LogP contribution is 2.40. The van der Waals surface area contributed by atoms with Crippen molar-refractivity contribution in [2.24, 2.45) is 0 Å². The molecule has 0 bridgehead atoms. The van der Waals surface area contributed by atoms with Gasteiger partial charge < -0.3 is 4.74 Å². The van der Waals surface area contributed by atoms with Crippen LogP contribution in [0.2, 0.25) is 0 Å². The van der Waals surface area contributed by atoms with Gasteiger partial charge in [0.1, 0.15) is 12.4 Å². The number of amides is 2. The van der Waals surface area contributed by atoms with Gasteiger partial charge in [0.25, 0.3) is 11.8 Å². The lowest BCUT2D eigenvalue weighted by molar-refractivity contribution is -0.122. The first-order chi connectivity index (χ1) is 14.0. The zero-order chi connectivity index (χ0) is 20.4. The molecular weight excluding hydrogens is 364 g/mol. The summed E-state index contributed by atoms with van der Waals surface area (Å²) >= 11 is 0. The molecule has 0 fully saturated rings. The first kappa shape index (κ1) is 18.7. The van der Waals surface area contributed by atoms with Crippen molar-refractivity contribution in [1.29, 1.82) is 0 Å². The molecule has 0 aromatic heterocycles. The van der Waals surface area contributed by atoms with Crippen molar-refractivity contribution in [1.82, 2.24) is 5.43 Å². The molecule has 2 amide bonds. The fourth-order valence-electron chi connectivity index (χ4n) is 3.42. The van der Waals surface area contributed by atoms with Gasteiger partial charge in [0.2, 0.25) is 0 Å². The molecule has 0 aliphatic carbocycles. The van der Waals surface area contributed by atoms with Crippen molar-refractivity contribution in [2.75, 3.05) is 5.01 Å². The second-order valence-corrected chi connectivity index (χ2v) is 7.52. The summed E-state index contributed by atoms with van der Waals surface area (Å²) in [5.74, 6) is 0.171. The Kier molecular flexibility index (Phi) is 4.80. The van der Waals surface area contributed by atoms with Crippen molar-refractivity contribution in [3.8, 4) is 5.75 Å². The highest BCUT2D eigenvalue weighted by atomic mass is 16.5. The molecule has 3 aromatic carbocycles. The van der Waals surface area contributed by atoms with E-state index in [-0.39, 0.29) is 11.8 Å². The number of nitrogens with one attached hydrogen (secondary N) is 1. The number of fused-ring (bicyclic) bond motifs is 1. The number of hydrazine groups is 1. The maximum Gasteiger partial charge on any atom is 0.270 e. The summed E-state index contributed by atoms with van der Waals surface area (Å²) in [6.07, 6.45) is 0. The van der Waals surface area contributed by atoms with Crippen LogP contribution >= 0.6 is 0 Å². The molecular formula is C24H22N2O3. The predicted octanol–water partition coefficient (Wildman–Crippen LogP) is 4.23. The summed E-state index contributed by atoms with van der Waals surface area (Å²) in [6, 6.07) is 24.3. The molecule has 146 valence electrons. The SMILES string of the molecule is CC1(C)C(=O)N(NC(=O)c2ccc(OCc3ccccc3)cc2)c2ccccc21. The zero-order valence-electron chi connectivity index (χ0n) is 16.4. The minimum Gasteiger partial charge on any atom is -0.489 e. The molecule has 5 heteroatoms. The van der Waals surface area contributed by atoms with Crippen LogP contribution in [0.15, 0.2) is 78.9 Å². The predicted molar refractivity (Wildman–Crippen MR) is 112 cm³/mol. The Morgan fingerprint density at radius 2 is 1.59 bits per heavy atom. The van der Waals surface area contributed by atoms with Gasteiger partial charge in [-0.1, -0.05) is 48.5 Å². The Morgan fingerprint density at radius 1 is 0.931 bits per heavy atom. The molecule has 4 rings (SSSR count). The van der Waals surface area contributed by atoms with Gasteiger partial charge in [0, 0.05) is 5.56 Å². The second-order valence-electron chi connectivity index (χ2n) is 7.52. The highest BCUT2D eigenvalue weighted by Gasteiger charge is 2.44. The van der Waals surface area contributed by atoms with Crippen LogP contribution in [0.1, 0.15) is 35.3 Å². The summed E-state index contributed by atoms with van der Waals surface area (Å²) in [7, 11) is 0.